The topological polar surface area (TPSA) is 70.8 Å². The summed E-state index contributed by atoms with van der Waals surface area (Å²) in [6.45, 7) is 2.03. The number of hydrogen-bond acceptors (Lipinski definition) is 4. The molecule has 1 saturated heterocycles. The molecule has 3 aromatic rings. The molecule has 6 heteroatoms. The van der Waals surface area contributed by atoms with Crippen molar-refractivity contribution in [3.05, 3.63) is 99.4 Å². The molecule has 29 heavy (non-hydrogen) atoms. The van der Waals surface area contributed by atoms with E-state index >= 15 is 0 Å². The van der Waals surface area contributed by atoms with Crippen molar-refractivity contribution in [1.29, 1.82) is 0 Å². The molecular weight excluding hydrogens is 434 g/mol. The maximum absolute atomic E-state index is 12.9. The number of rotatable bonds is 4. The van der Waals surface area contributed by atoms with E-state index in [4.69, 9.17) is 4.42 Å². The Kier molecular flexibility index (Phi) is 5.11. The van der Waals surface area contributed by atoms with Crippen molar-refractivity contribution in [1.82, 2.24) is 4.90 Å². The van der Waals surface area contributed by atoms with Gasteiger partial charge in [0, 0.05) is 10.0 Å². The van der Waals surface area contributed by atoms with Crippen LogP contribution < -0.4 is 0 Å². The molecular formula is C23H18BrNO4. The number of benzene rings is 2. The normalized spacial score (nSPS) is 18.4. The summed E-state index contributed by atoms with van der Waals surface area (Å²) in [4.78, 5) is 27.2. The monoisotopic (exact) mass is 451 g/mol. The van der Waals surface area contributed by atoms with Gasteiger partial charge in [-0.15, -0.1) is 0 Å². The molecule has 1 amide bonds. The van der Waals surface area contributed by atoms with Crippen LogP contribution in [0.5, 0.6) is 0 Å². The summed E-state index contributed by atoms with van der Waals surface area (Å²) in [5, 5.41) is 11.0. The van der Waals surface area contributed by atoms with Gasteiger partial charge in [0.2, 0.25) is 0 Å². The van der Waals surface area contributed by atoms with Crippen molar-refractivity contribution in [2.75, 3.05) is 0 Å². The minimum atomic E-state index is -0.705. The number of likely N-dealkylation sites (tertiary alicyclic amines) is 1. The molecule has 1 N–H and O–H groups in total. The Bertz CT molecular complexity index is 1100. The van der Waals surface area contributed by atoms with Crippen molar-refractivity contribution >= 4 is 33.4 Å². The van der Waals surface area contributed by atoms with Gasteiger partial charge < -0.3 is 14.4 Å². The number of halogens is 1. The first kappa shape index (κ1) is 19.2. The summed E-state index contributed by atoms with van der Waals surface area (Å²) in [7, 11) is 0. The first-order chi connectivity index (χ1) is 14.0. The number of amides is 1. The average Bonchev–Trinajstić information content (AvgIpc) is 3.32. The summed E-state index contributed by atoms with van der Waals surface area (Å²) in [6, 6.07) is 17.3. The third-order valence-electron chi connectivity index (χ3n) is 4.99. The van der Waals surface area contributed by atoms with Gasteiger partial charge >= 0.3 is 0 Å². The van der Waals surface area contributed by atoms with Gasteiger partial charge in [-0.2, -0.15) is 0 Å². The Morgan fingerprint density at radius 2 is 1.86 bits per heavy atom. The van der Waals surface area contributed by atoms with E-state index in [0.717, 1.165) is 15.6 Å². The maximum Gasteiger partial charge on any atom is 0.296 e. The number of hydrogen-bond donors (Lipinski definition) is 1. The second kappa shape index (κ2) is 7.72. The smallest absolute Gasteiger partial charge is 0.296 e. The summed E-state index contributed by atoms with van der Waals surface area (Å²) in [5.74, 6) is -0.990. The molecule has 4 rings (SSSR count). The molecule has 0 radical (unpaired) electrons. The predicted molar refractivity (Wildman–Crippen MR) is 112 cm³/mol. The third-order valence-corrected chi connectivity index (χ3v) is 5.88. The number of aliphatic hydroxyl groups excluding tert-OH is 1. The molecule has 1 unspecified atom stereocenters. The zero-order chi connectivity index (χ0) is 20.5. The fourth-order valence-electron chi connectivity index (χ4n) is 3.54. The zero-order valence-electron chi connectivity index (χ0n) is 15.6. The van der Waals surface area contributed by atoms with Crippen LogP contribution in [-0.4, -0.2) is 21.7 Å². The number of furan rings is 1. The lowest BCUT2D eigenvalue weighted by Gasteiger charge is -2.24. The van der Waals surface area contributed by atoms with E-state index in [1.165, 1.54) is 11.2 Å². The highest BCUT2D eigenvalue weighted by Gasteiger charge is 2.46. The predicted octanol–water partition coefficient (Wildman–Crippen LogP) is 4.97. The summed E-state index contributed by atoms with van der Waals surface area (Å²) < 4.78 is 6.28. The minimum Gasteiger partial charge on any atom is -0.507 e. The average molecular weight is 452 g/mol. The summed E-state index contributed by atoms with van der Waals surface area (Å²) in [6.07, 6.45) is 1.52. The molecule has 0 spiro atoms. The summed E-state index contributed by atoms with van der Waals surface area (Å²) >= 11 is 3.44. The van der Waals surface area contributed by atoms with Gasteiger partial charge in [0.1, 0.15) is 11.5 Å². The van der Waals surface area contributed by atoms with Crippen LogP contribution in [0.2, 0.25) is 0 Å². The molecule has 1 atom stereocenters. The van der Waals surface area contributed by atoms with E-state index in [9.17, 15) is 14.7 Å². The number of carbonyl (C=O) groups is 2. The van der Waals surface area contributed by atoms with Crippen molar-refractivity contribution in [3.63, 3.8) is 0 Å². The highest BCUT2D eigenvalue weighted by molar-refractivity contribution is 9.10. The molecule has 0 bridgehead atoms. The largest absolute Gasteiger partial charge is 0.507 e. The lowest BCUT2D eigenvalue weighted by molar-refractivity contribution is -0.140. The first-order valence-electron chi connectivity index (χ1n) is 9.09. The van der Waals surface area contributed by atoms with Crippen LogP contribution in [0.4, 0.5) is 0 Å². The molecule has 1 aliphatic heterocycles. The van der Waals surface area contributed by atoms with Crippen LogP contribution in [0.1, 0.15) is 28.5 Å². The fourth-order valence-corrected chi connectivity index (χ4v) is 3.79. The van der Waals surface area contributed by atoms with E-state index in [-0.39, 0.29) is 17.9 Å². The van der Waals surface area contributed by atoms with Crippen molar-refractivity contribution in [2.45, 2.75) is 19.5 Å². The van der Waals surface area contributed by atoms with Gasteiger partial charge in [0.15, 0.2) is 0 Å². The van der Waals surface area contributed by atoms with Gasteiger partial charge in [0.05, 0.1) is 24.4 Å². The molecule has 2 heterocycles. The van der Waals surface area contributed by atoms with Crippen molar-refractivity contribution in [3.8, 4) is 0 Å². The van der Waals surface area contributed by atoms with E-state index in [1.54, 1.807) is 30.3 Å². The number of nitrogens with zero attached hydrogens (tertiary/aromatic N) is 1. The highest BCUT2D eigenvalue weighted by Crippen LogP contribution is 2.40. The molecule has 1 aliphatic rings. The van der Waals surface area contributed by atoms with Crippen molar-refractivity contribution < 1.29 is 19.1 Å². The van der Waals surface area contributed by atoms with E-state index in [1.807, 2.05) is 37.3 Å². The Morgan fingerprint density at radius 3 is 2.52 bits per heavy atom. The zero-order valence-corrected chi connectivity index (χ0v) is 17.2. The maximum atomic E-state index is 12.9. The number of aliphatic hydroxyl groups is 1. The lowest BCUT2D eigenvalue weighted by atomic mass is 9.95. The standard InChI is InChI=1S/C23H18BrNO4/c1-14-12-16(9-10-18(14)24)21(26)19-20(15-6-3-2-4-7-15)25(23(28)22(19)27)13-17-8-5-11-29-17/h2-12,20,26H,13H2,1H3/b21-19-. The van der Waals surface area contributed by atoms with E-state index in [0.29, 0.717) is 11.3 Å². The Balaban J connectivity index is 1.87. The highest BCUT2D eigenvalue weighted by atomic mass is 79.9. The first-order valence-corrected chi connectivity index (χ1v) is 9.89. The van der Waals surface area contributed by atoms with Gasteiger partial charge in [-0.05, 0) is 42.3 Å². The molecule has 0 aliphatic carbocycles. The Labute approximate surface area is 176 Å². The van der Waals surface area contributed by atoms with Gasteiger partial charge in [-0.25, -0.2) is 0 Å². The molecule has 5 nitrogen and oxygen atoms in total. The minimum absolute atomic E-state index is 0.0782. The van der Waals surface area contributed by atoms with Crippen LogP contribution in [0.25, 0.3) is 5.76 Å². The SMILES string of the molecule is Cc1cc(/C(O)=C2/C(=O)C(=O)N(Cc3ccco3)C2c2ccccc2)ccc1Br. The third kappa shape index (κ3) is 3.51. The quantitative estimate of drug-likeness (QED) is 0.345. The number of Topliss-reactive ketones (excluding diaryl/α,β-unsaturated/α-hetero) is 1. The van der Waals surface area contributed by atoms with Crippen LogP contribution in [0, 0.1) is 6.92 Å². The molecule has 1 aromatic heterocycles. The number of ketones is 1. The molecule has 146 valence electrons. The van der Waals surface area contributed by atoms with Crippen LogP contribution in [0.15, 0.2) is 81.4 Å². The van der Waals surface area contributed by atoms with Crippen LogP contribution in [0.3, 0.4) is 0 Å². The van der Waals surface area contributed by atoms with E-state index < -0.39 is 17.7 Å². The van der Waals surface area contributed by atoms with Gasteiger partial charge in [-0.3, -0.25) is 9.59 Å². The Morgan fingerprint density at radius 1 is 1.10 bits per heavy atom. The van der Waals surface area contributed by atoms with Gasteiger partial charge in [-0.1, -0.05) is 52.3 Å². The molecule has 0 saturated carbocycles. The number of carbonyl (C=O) groups excluding carboxylic acids is 2. The van der Waals surface area contributed by atoms with Crippen LogP contribution >= 0.6 is 15.9 Å². The second-order valence-electron chi connectivity index (χ2n) is 6.88. The fraction of sp³-hybridized carbons (Fsp3) is 0.130. The van der Waals surface area contributed by atoms with Crippen LogP contribution in [-0.2, 0) is 16.1 Å². The van der Waals surface area contributed by atoms with Gasteiger partial charge in [0.25, 0.3) is 11.7 Å². The second-order valence-corrected chi connectivity index (χ2v) is 7.74. The molecule has 2 aromatic carbocycles. The van der Waals surface area contributed by atoms with Crippen molar-refractivity contribution in [2.24, 2.45) is 0 Å². The lowest BCUT2D eigenvalue weighted by Crippen LogP contribution is -2.29. The Hall–Kier alpha value is -3.12. The molecule has 1 fully saturated rings. The summed E-state index contributed by atoms with van der Waals surface area (Å²) in [5.41, 5.74) is 2.22. The van der Waals surface area contributed by atoms with E-state index in [2.05, 4.69) is 15.9 Å². The number of aryl methyl sites for hydroxylation is 1.